The third kappa shape index (κ3) is 1.63. The van der Waals surface area contributed by atoms with Gasteiger partial charge in [0.15, 0.2) is 5.58 Å². The number of amides is 3. The highest BCUT2D eigenvalue weighted by Crippen LogP contribution is 2.22. The van der Waals surface area contributed by atoms with Crippen LogP contribution in [-0.4, -0.2) is 23.5 Å². The monoisotopic (exact) mass is 231 g/mol. The molecule has 1 fully saturated rings. The van der Waals surface area contributed by atoms with Gasteiger partial charge in [0.25, 0.3) is 0 Å². The van der Waals surface area contributed by atoms with E-state index in [1.807, 2.05) is 12.1 Å². The molecule has 3 rings (SSSR count). The van der Waals surface area contributed by atoms with Crippen molar-refractivity contribution in [1.29, 1.82) is 0 Å². The summed E-state index contributed by atoms with van der Waals surface area (Å²) in [6.07, 6.45) is 0.254. The molecule has 0 atom stereocenters. The van der Waals surface area contributed by atoms with Crippen LogP contribution in [0.3, 0.4) is 0 Å². The predicted octanol–water partition coefficient (Wildman–Crippen LogP) is 1.27. The number of imide groups is 1. The number of anilines is 1. The average molecular weight is 231 g/mol. The summed E-state index contributed by atoms with van der Waals surface area (Å²) in [5.74, 6) is -0.276. The van der Waals surface area contributed by atoms with E-state index in [1.54, 1.807) is 12.1 Å². The molecule has 86 valence electrons. The topological polar surface area (TPSA) is 75.4 Å². The quantitative estimate of drug-likeness (QED) is 0.802. The number of benzene rings is 1. The Morgan fingerprint density at radius 2 is 2.12 bits per heavy atom. The summed E-state index contributed by atoms with van der Waals surface area (Å²) in [4.78, 5) is 28.1. The van der Waals surface area contributed by atoms with Crippen molar-refractivity contribution in [2.75, 3.05) is 11.4 Å². The lowest BCUT2D eigenvalue weighted by Crippen LogP contribution is -2.49. The van der Waals surface area contributed by atoms with Crippen LogP contribution >= 0.6 is 0 Å². The fourth-order valence-corrected chi connectivity index (χ4v) is 1.72. The summed E-state index contributed by atoms with van der Waals surface area (Å²) in [5, 5.41) is 2.22. The minimum Gasteiger partial charge on any atom is -0.423 e. The van der Waals surface area contributed by atoms with Crippen LogP contribution in [0.5, 0.6) is 0 Å². The van der Waals surface area contributed by atoms with Crippen molar-refractivity contribution in [1.82, 2.24) is 10.3 Å². The number of para-hydroxylation sites is 2. The number of hydrogen-bond donors (Lipinski definition) is 1. The first kappa shape index (κ1) is 9.83. The maximum absolute atomic E-state index is 11.6. The van der Waals surface area contributed by atoms with Gasteiger partial charge in [0.1, 0.15) is 5.52 Å². The Labute approximate surface area is 96.2 Å². The van der Waals surface area contributed by atoms with Gasteiger partial charge in [-0.3, -0.25) is 10.1 Å². The number of fused-ring (bicyclic) bond motifs is 1. The molecule has 3 amide bonds. The minimum absolute atomic E-state index is 0.219. The van der Waals surface area contributed by atoms with Crippen molar-refractivity contribution in [3.8, 4) is 0 Å². The molecule has 0 unspecified atom stereocenters. The molecule has 6 nitrogen and oxygen atoms in total. The van der Waals surface area contributed by atoms with Crippen LogP contribution in [-0.2, 0) is 4.79 Å². The molecule has 0 radical (unpaired) electrons. The van der Waals surface area contributed by atoms with Crippen LogP contribution in [0, 0.1) is 0 Å². The molecular weight excluding hydrogens is 222 g/mol. The molecule has 6 heteroatoms. The van der Waals surface area contributed by atoms with Gasteiger partial charge in [-0.1, -0.05) is 12.1 Å². The van der Waals surface area contributed by atoms with E-state index in [-0.39, 0.29) is 24.9 Å². The molecular formula is C11H9N3O3. The zero-order chi connectivity index (χ0) is 11.8. The van der Waals surface area contributed by atoms with Crippen LogP contribution in [0.1, 0.15) is 6.42 Å². The van der Waals surface area contributed by atoms with Crippen LogP contribution in [0.2, 0.25) is 0 Å². The molecule has 0 bridgehead atoms. The SMILES string of the molecule is O=C1CCN(c2nc3ccccc3o2)C(=O)N1. The summed E-state index contributed by atoms with van der Waals surface area (Å²) in [6, 6.07) is 6.98. The largest absolute Gasteiger partial charge is 0.423 e. The molecule has 2 aromatic rings. The number of urea groups is 1. The molecule has 1 N–H and O–H groups in total. The second-order valence-corrected chi connectivity index (χ2v) is 3.72. The van der Waals surface area contributed by atoms with E-state index in [1.165, 1.54) is 4.90 Å². The summed E-state index contributed by atoms with van der Waals surface area (Å²) >= 11 is 0. The number of nitrogens with one attached hydrogen (secondary N) is 1. The molecule has 0 aliphatic carbocycles. The van der Waals surface area contributed by atoms with Crippen LogP contribution in [0.15, 0.2) is 28.7 Å². The number of carbonyl (C=O) groups excluding carboxylic acids is 2. The van der Waals surface area contributed by atoms with E-state index in [0.29, 0.717) is 11.1 Å². The van der Waals surface area contributed by atoms with Gasteiger partial charge >= 0.3 is 12.0 Å². The Hall–Kier alpha value is -2.37. The molecule has 0 saturated carbocycles. The Balaban J connectivity index is 1.98. The molecule has 2 heterocycles. The smallest absolute Gasteiger partial charge is 0.332 e. The van der Waals surface area contributed by atoms with E-state index in [4.69, 9.17) is 4.42 Å². The molecule has 0 spiro atoms. The van der Waals surface area contributed by atoms with E-state index >= 15 is 0 Å². The highest BCUT2D eigenvalue weighted by atomic mass is 16.4. The number of oxazole rings is 1. The summed E-state index contributed by atoms with van der Waals surface area (Å²) < 4.78 is 5.46. The first-order valence-electron chi connectivity index (χ1n) is 5.21. The van der Waals surface area contributed by atoms with Crippen molar-refractivity contribution in [3.63, 3.8) is 0 Å². The van der Waals surface area contributed by atoms with Gasteiger partial charge in [-0.15, -0.1) is 0 Å². The Morgan fingerprint density at radius 3 is 2.88 bits per heavy atom. The Morgan fingerprint density at radius 1 is 1.29 bits per heavy atom. The molecule has 1 aliphatic heterocycles. The van der Waals surface area contributed by atoms with E-state index in [0.717, 1.165) is 0 Å². The average Bonchev–Trinajstić information content (AvgIpc) is 2.72. The highest BCUT2D eigenvalue weighted by Gasteiger charge is 2.27. The third-order valence-electron chi connectivity index (χ3n) is 2.57. The second kappa shape index (κ2) is 3.58. The maximum Gasteiger partial charge on any atom is 0.332 e. The third-order valence-corrected chi connectivity index (χ3v) is 2.57. The Kier molecular flexibility index (Phi) is 2.07. The summed E-state index contributed by atoms with van der Waals surface area (Å²) in [6.45, 7) is 0.289. The van der Waals surface area contributed by atoms with E-state index < -0.39 is 6.03 Å². The molecule has 1 aromatic heterocycles. The summed E-state index contributed by atoms with van der Waals surface area (Å²) in [7, 11) is 0. The number of hydrogen-bond acceptors (Lipinski definition) is 4. The lowest BCUT2D eigenvalue weighted by atomic mass is 10.3. The van der Waals surface area contributed by atoms with E-state index in [9.17, 15) is 9.59 Å². The van der Waals surface area contributed by atoms with Crippen molar-refractivity contribution in [3.05, 3.63) is 24.3 Å². The first-order valence-corrected chi connectivity index (χ1v) is 5.21. The Bertz CT molecular complexity index is 572. The van der Waals surface area contributed by atoms with Gasteiger partial charge in [-0.25, -0.2) is 9.69 Å². The fraction of sp³-hybridized carbons (Fsp3) is 0.182. The first-order chi connectivity index (χ1) is 8.24. The molecule has 1 aliphatic rings. The number of nitrogens with zero attached hydrogens (tertiary/aromatic N) is 2. The van der Waals surface area contributed by atoms with Gasteiger partial charge in [-0.2, -0.15) is 4.98 Å². The second-order valence-electron chi connectivity index (χ2n) is 3.72. The van der Waals surface area contributed by atoms with Gasteiger partial charge in [-0.05, 0) is 12.1 Å². The number of aromatic nitrogens is 1. The van der Waals surface area contributed by atoms with Crippen LogP contribution < -0.4 is 10.2 Å². The van der Waals surface area contributed by atoms with E-state index in [2.05, 4.69) is 10.3 Å². The fourth-order valence-electron chi connectivity index (χ4n) is 1.72. The molecule has 1 aromatic carbocycles. The number of carbonyl (C=O) groups is 2. The highest BCUT2D eigenvalue weighted by molar-refractivity contribution is 6.04. The van der Waals surface area contributed by atoms with Crippen molar-refractivity contribution in [2.45, 2.75) is 6.42 Å². The lowest BCUT2D eigenvalue weighted by molar-refractivity contribution is -0.120. The molecule has 17 heavy (non-hydrogen) atoms. The van der Waals surface area contributed by atoms with Gasteiger partial charge < -0.3 is 4.42 Å². The zero-order valence-corrected chi connectivity index (χ0v) is 8.84. The van der Waals surface area contributed by atoms with Crippen molar-refractivity contribution >= 4 is 29.1 Å². The standard InChI is InChI=1S/C11H9N3O3/c15-9-5-6-14(10(16)13-9)11-12-7-3-1-2-4-8(7)17-11/h1-4H,5-6H2,(H,13,15,16). The lowest BCUT2D eigenvalue weighted by Gasteiger charge is -2.22. The zero-order valence-electron chi connectivity index (χ0n) is 8.84. The van der Waals surface area contributed by atoms with Gasteiger partial charge in [0, 0.05) is 13.0 Å². The van der Waals surface area contributed by atoms with Crippen LogP contribution in [0.4, 0.5) is 10.8 Å². The van der Waals surface area contributed by atoms with Gasteiger partial charge in [0.05, 0.1) is 0 Å². The predicted molar refractivity (Wildman–Crippen MR) is 59.5 cm³/mol. The van der Waals surface area contributed by atoms with Gasteiger partial charge in [0.2, 0.25) is 5.91 Å². The minimum atomic E-state index is -0.493. The maximum atomic E-state index is 11.6. The normalized spacial score (nSPS) is 16.4. The summed E-state index contributed by atoms with van der Waals surface area (Å²) in [5.41, 5.74) is 1.31. The van der Waals surface area contributed by atoms with Crippen molar-refractivity contribution < 1.29 is 14.0 Å². The number of rotatable bonds is 1. The van der Waals surface area contributed by atoms with Crippen LogP contribution in [0.25, 0.3) is 11.1 Å². The molecule has 1 saturated heterocycles. The van der Waals surface area contributed by atoms with Crippen molar-refractivity contribution in [2.24, 2.45) is 0 Å².